The molecule has 0 saturated carbocycles. The molecule has 2 aromatic rings. The Morgan fingerprint density at radius 3 is 2.25 bits per heavy atom. The molecule has 0 aromatic heterocycles. The number of thiocarbonyl (C=S) groups is 1. The number of carbonyl (C=O) groups is 1. The fourth-order valence-corrected chi connectivity index (χ4v) is 2.04. The first-order valence-corrected chi connectivity index (χ1v) is 6.39. The molecule has 1 amide bonds. The molecule has 0 aliphatic carbocycles. The van der Waals surface area contributed by atoms with Crippen LogP contribution in [0.4, 0.5) is 0 Å². The monoisotopic (exact) mass is 286 g/mol. The largest absolute Gasteiger partial charge is 0.488 e. The number of hydrogen-bond acceptors (Lipinski definition) is 3. The van der Waals surface area contributed by atoms with Crippen molar-refractivity contribution in [3.8, 4) is 5.75 Å². The number of carbonyl (C=O) groups excluding carboxylic acids is 1. The summed E-state index contributed by atoms with van der Waals surface area (Å²) in [5.41, 5.74) is 12.9. The van der Waals surface area contributed by atoms with Crippen LogP contribution in [0, 0.1) is 0 Å². The zero-order valence-corrected chi connectivity index (χ0v) is 11.5. The van der Waals surface area contributed by atoms with Crippen molar-refractivity contribution < 1.29 is 9.53 Å². The molecular formula is C15H14N2O2S. The van der Waals surface area contributed by atoms with Gasteiger partial charge in [-0.05, 0) is 17.7 Å². The molecule has 0 spiro atoms. The van der Waals surface area contributed by atoms with Gasteiger partial charge in [-0.25, -0.2) is 0 Å². The Hall–Kier alpha value is -2.40. The Bertz CT molecular complexity index is 598. The van der Waals surface area contributed by atoms with Gasteiger partial charge in [0.1, 0.15) is 17.3 Å². The Morgan fingerprint density at radius 2 is 1.60 bits per heavy atom. The van der Waals surface area contributed by atoms with Crippen molar-refractivity contribution in [2.24, 2.45) is 11.5 Å². The van der Waals surface area contributed by atoms with E-state index in [-0.39, 0.29) is 6.61 Å². The molecule has 0 fully saturated rings. The number of hydrogen-bond donors (Lipinski definition) is 2. The van der Waals surface area contributed by atoms with Crippen molar-refractivity contribution in [2.75, 3.05) is 0 Å². The van der Waals surface area contributed by atoms with E-state index < -0.39 is 5.91 Å². The molecule has 4 N–H and O–H groups in total. The lowest BCUT2D eigenvalue weighted by atomic mass is 10.1. The average molecular weight is 286 g/mol. The quantitative estimate of drug-likeness (QED) is 0.824. The van der Waals surface area contributed by atoms with Gasteiger partial charge in [0.05, 0.1) is 5.56 Å². The third kappa shape index (κ3) is 3.13. The van der Waals surface area contributed by atoms with E-state index in [0.717, 1.165) is 11.1 Å². The van der Waals surface area contributed by atoms with Gasteiger partial charge in [0.15, 0.2) is 0 Å². The molecular weight excluding hydrogens is 272 g/mol. The second-order valence-electron chi connectivity index (χ2n) is 4.17. The van der Waals surface area contributed by atoms with Crippen molar-refractivity contribution in [2.45, 2.75) is 6.61 Å². The summed E-state index contributed by atoms with van der Waals surface area (Å²) in [6.07, 6.45) is 0. The van der Waals surface area contributed by atoms with Gasteiger partial charge in [0.2, 0.25) is 0 Å². The number of amides is 1. The van der Waals surface area contributed by atoms with Crippen LogP contribution < -0.4 is 16.2 Å². The van der Waals surface area contributed by atoms with Crippen LogP contribution in [-0.4, -0.2) is 10.9 Å². The van der Waals surface area contributed by atoms with Crippen LogP contribution >= 0.6 is 12.2 Å². The van der Waals surface area contributed by atoms with Crippen LogP contribution in [0.25, 0.3) is 0 Å². The maximum Gasteiger partial charge on any atom is 0.252 e. The highest BCUT2D eigenvalue weighted by Gasteiger charge is 2.10. The summed E-state index contributed by atoms with van der Waals surface area (Å²) in [6.45, 7) is 0.262. The van der Waals surface area contributed by atoms with Crippen molar-refractivity contribution in [1.29, 1.82) is 0 Å². The summed E-state index contributed by atoms with van der Waals surface area (Å²) in [6, 6.07) is 14.3. The molecule has 2 rings (SSSR count). The number of rotatable bonds is 5. The maximum absolute atomic E-state index is 11.3. The highest BCUT2D eigenvalue weighted by molar-refractivity contribution is 7.80. The van der Waals surface area contributed by atoms with Crippen molar-refractivity contribution in [3.63, 3.8) is 0 Å². The molecule has 2 aromatic carbocycles. The fraction of sp³-hybridized carbons (Fsp3) is 0.0667. The maximum atomic E-state index is 11.3. The zero-order chi connectivity index (χ0) is 14.5. The van der Waals surface area contributed by atoms with Crippen LogP contribution in [0.5, 0.6) is 5.75 Å². The molecule has 0 unspecified atom stereocenters. The second kappa shape index (κ2) is 6.16. The molecule has 0 saturated heterocycles. The molecule has 4 nitrogen and oxygen atoms in total. The van der Waals surface area contributed by atoms with E-state index in [1.807, 2.05) is 24.3 Å². The van der Waals surface area contributed by atoms with Gasteiger partial charge in [-0.1, -0.05) is 48.6 Å². The SMILES string of the molecule is NC(=O)c1ccccc1OCc1ccccc1C(N)=S. The van der Waals surface area contributed by atoms with E-state index in [1.54, 1.807) is 24.3 Å². The Morgan fingerprint density at radius 1 is 1.00 bits per heavy atom. The number of benzene rings is 2. The zero-order valence-electron chi connectivity index (χ0n) is 10.7. The number of primary amides is 1. The molecule has 0 aliphatic rings. The first kappa shape index (κ1) is 14.0. The number of para-hydroxylation sites is 1. The first-order valence-electron chi connectivity index (χ1n) is 5.99. The van der Waals surface area contributed by atoms with Gasteiger partial charge in [0.25, 0.3) is 5.91 Å². The van der Waals surface area contributed by atoms with Crippen LogP contribution in [0.15, 0.2) is 48.5 Å². The minimum absolute atomic E-state index is 0.262. The van der Waals surface area contributed by atoms with E-state index in [1.165, 1.54) is 0 Å². The van der Waals surface area contributed by atoms with E-state index in [4.69, 9.17) is 28.4 Å². The summed E-state index contributed by atoms with van der Waals surface area (Å²) < 4.78 is 5.66. The lowest BCUT2D eigenvalue weighted by Gasteiger charge is -2.12. The lowest BCUT2D eigenvalue weighted by molar-refractivity contribution is 0.0996. The van der Waals surface area contributed by atoms with Crippen molar-refractivity contribution in [1.82, 2.24) is 0 Å². The second-order valence-corrected chi connectivity index (χ2v) is 4.61. The van der Waals surface area contributed by atoms with E-state index in [2.05, 4.69) is 0 Å². The summed E-state index contributed by atoms with van der Waals surface area (Å²) in [7, 11) is 0. The summed E-state index contributed by atoms with van der Waals surface area (Å²) in [5.74, 6) is -0.0824. The topological polar surface area (TPSA) is 78.3 Å². The number of nitrogens with two attached hydrogens (primary N) is 2. The van der Waals surface area contributed by atoms with Gasteiger partial charge in [-0.3, -0.25) is 4.79 Å². The molecule has 5 heteroatoms. The molecule has 0 heterocycles. The Balaban J connectivity index is 2.22. The molecule has 20 heavy (non-hydrogen) atoms. The summed E-state index contributed by atoms with van der Waals surface area (Å²) in [4.78, 5) is 11.6. The Kier molecular flexibility index (Phi) is 4.32. The summed E-state index contributed by atoms with van der Waals surface area (Å²) >= 11 is 5.00. The minimum atomic E-state index is -0.525. The predicted octanol–water partition coefficient (Wildman–Crippen LogP) is 2.00. The predicted molar refractivity (Wildman–Crippen MR) is 81.6 cm³/mol. The standard InChI is InChI=1S/C15H14N2O2S/c16-14(18)12-7-3-4-8-13(12)19-9-10-5-1-2-6-11(10)15(17)20/h1-8H,9H2,(H2,16,18)(H2,17,20). The highest BCUT2D eigenvalue weighted by atomic mass is 32.1. The van der Waals surface area contributed by atoms with Crippen LogP contribution in [0.2, 0.25) is 0 Å². The molecule has 0 bridgehead atoms. The van der Waals surface area contributed by atoms with Crippen LogP contribution in [-0.2, 0) is 6.61 Å². The molecule has 0 aliphatic heterocycles. The molecule has 0 radical (unpaired) electrons. The fourth-order valence-electron chi connectivity index (χ4n) is 1.84. The first-order chi connectivity index (χ1) is 9.59. The van der Waals surface area contributed by atoms with Gasteiger partial charge in [-0.15, -0.1) is 0 Å². The van der Waals surface area contributed by atoms with Crippen LogP contribution in [0.1, 0.15) is 21.5 Å². The third-order valence-electron chi connectivity index (χ3n) is 2.82. The molecule has 0 atom stereocenters. The average Bonchev–Trinajstić information content (AvgIpc) is 2.45. The molecule has 102 valence electrons. The van der Waals surface area contributed by atoms with E-state index in [9.17, 15) is 4.79 Å². The third-order valence-corrected chi connectivity index (χ3v) is 3.04. The smallest absolute Gasteiger partial charge is 0.252 e. The van der Waals surface area contributed by atoms with Gasteiger partial charge < -0.3 is 16.2 Å². The summed E-state index contributed by atoms with van der Waals surface area (Å²) in [5, 5.41) is 0. The minimum Gasteiger partial charge on any atom is -0.488 e. The van der Waals surface area contributed by atoms with E-state index in [0.29, 0.717) is 16.3 Å². The van der Waals surface area contributed by atoms with E-state index >= 15 is 0 Å². The normalized spacial score (nSPS) is 10.0. The van der Waals surface area contributed by atoms with Gasteiger partial charge in [-0.2, -0.15) is 0 Å². The number of ether oxygens (including phenoxy) is 1. The van der Waals surface area contributed by atoms with Gasteiger partial charge in [0, 0.05) is 5.56 Å². The van der Waals surface area contributed by atoms with Crippen molar-refractivity contribution in [3.05, 3.63) is 65.2 Å². The Labute approximate surface area is 122 Å². The van der Waals surface area contributed by atoms with Gasteiger partial charge >= 0.3 is 0 Å². The lowest BCUT2D eigenvalue weighted by Crippen LogP contribution is -2.15. The highest BCUT2D eigenvalue weighted by Crippen LogP contribution is 2.19. The van der Waals surface area contributed by atoms with Crippen LogP contribution in [0.3, 0.4) is 0 Å². The van der Waals surface area contributed by atoms with Crippen molar-refractivity contribution >= 4 is 23.1 Å².